The zero-order valence-electron chi connectivity index (χ0n) is 18.2. The molecule has 0 saturated carbocycles. The highest BCUT2D eigenvalue weighted by atomic mass is 35.5. The summed E-state index contributed by atoms with van der Waals surface area (Å²) in [7, 11) is 1.77. The minimum Gasteiger partial charge on any atom is -0.307 e. The van der Waals surface area contributed by atoms with Crippen LogP contribution >= 0.6 is 11.6 Å². The Kier molecular flexibility index (Phi) is 9.65. The average molecular weight is 492 g/mol. The van der Waals surface area contributed by atoms with Gasteiger partial charge in [0.25, 0.3) is 0 Å². The summed E-state index contributed by atoms with van der Waals surface area (Å²) < 4.78 is 35.6. The molecule has 3 heterocycles. The van der Waals surface area contributed by atoms with Gasteiger partial charge in [0.05, 0.1) is 17.5 Å². The quantitative estimate of drug-likeness (QED) is 0.346. The molecule has 0 bridgehead atoms. The highest BCUT2D eigenvalue weighted by Gasteiger charge is 2.31. The maximum Gasteiger partial charge on any atom is 0.433 e. The van der Waals surface area contributed by atoms with Gasteiger partial charge in [-0.2, -0.15) is 23.4 Å². The van der Waals surface area contributed by atoms with Gasteiger partial charge in [-0.1, -0.05) is 29.8 Å². The number of rotatable bonds is 4. The number of hydrogen-bond acceptors (Lipinski definition) is 7. The van der Waals surface area contributed by atoms with Gasteiger partial charge >= 0.3 is 6.18 Å². The molecule has 0 atom stereocenters. The number of aryl methyl sites for hydroxylation is 1. The molecular formula is C22H21ClF3N7O. The summed E-state index contributed by atoms with van der Waals surface area (Å²) in [5.41, 5.74) is 9.41. The normalized spacial score (nSPS) is 10.4. The molecular weight excluding hydrogens is 471 g/mol. The van der Waals surface area contributed by atoms with Crippen molar-refractivity contribution in [3.8, 4) is 22.4 Å². The molecule has 4 rings (SSSR count). The first-order chi connectivity index (χ1) is 16.3. The lowest BCUT2D eigenvalue weighted by Gasteiger charge is -2.13. The van der Waals surface area contributed by atoms with Gasteiger partial charge in [0.15, 0.2) is 5.82 Å². The Labute approximate surface area is 198 Å². The van der Waals surface area contributed by atoms with Crippen LogP contribution in [0.15, 0.2) is 61.1 Å². The Hall–Kier alpha value is -3.83. The number of hydrazine groups is 1. The number of aromatic nitrogens is 5. The van der Waals surface area contributed by atoms with Crippen molar-refractivity contribution in [3.63, 3.8) is 0 Å². The highest BCUT2D eigenvalue weighted by molar-refractivity contribution is 6.30. The van der Waals surface area contributed by atoms with Crippen LogP contribution in [-0.2, 0) is 11.0 Å². The molecule has 0 spiro atoms. The molecule has 34 heavy (non-hydrogen) atoms. The number of nitrogens with one attached hydrogen (secondary N) is 3. The maximum absolute atomic E-state index is 11.9. The van der Waals surface area contributed by atoms with Gasteiger partial charge in [-0.15, -0.1) is 5.10 Å². The highest BCUT2D eigenvalue weighted by Crippen LogP contribution is 2.35. The fraction of sp³-hybridized carbons (Fsp3) is 0.136. The van der Waals surface area contributed by atoms with E-state index in [-0.39, 0.29) is 0 Å². The number of carbonyl (C=O) groups is 1. The molecule has 8 nitrogen and oxygen atoms in total. The standard InChI is InChI=1S/C14H13ClN6.C7H6F3N.CH2O/c1-16-20-14-13(12-6-7-17-19-12)11(8-18-21-14)9-2-4-10(15)5-3-9;1-5-2-3-6(11-4-5)7(8,9)10;1-2/h2-8,16H,1H3,(H,17,19)(H,20,21);2-4H,1H3;1H2. The van der Waals surface area contributed by atoms with Crippen molar-refractivity contribution in [2.75, 3.05) is 12.5 Å². The predicted octanol–water partition coefficient (Wildman–Crippen LogP) is 4.96. The molecule has 1 aromatic carbocycles. The van der Waals surface area contributed by atoms with Gasteiger partial charge in [-0.05, 0) is 42.3 Å². The van der Waals surface area contributed by atoms with E-state index in [0.29, 0.717) is 10.8 Å². The molecule has 0 amide bonds. The first-order valence-corrected chi connectivity index (χ1v) is 10.00. The van der Waals surface area contributed by atoms with Gasteiger partial charge < -0.3 is 10.2 Å². The van der Waals surface area contributed by atoms with Crippen LogP contribution in [0.1, 0.15) is 11.3 Å². The summed E-state index contributed by atoms with van der Waals surface area (Å²) in [6.07, 6.45) is 0.293. The van der Waals surface area contributed by atoms with Crippen LogP contribution in [0.25, 0.3) is 22.4 Å². The van der Waals surface area contributed by atoms with Crippen LogP contribution in [0.3, 0.4) is 0 Å². The second kappa shape index (κ2) is 12.4. The van der Waals surface area contributed by atoms with Crippen LogP contribution in [0, 0.1) is 6.92 Å². The number of H-pyrrole nitrogens is 1. The van der Waals surface area contributed by atoms with E-state index in [9.17, 15) is 13.2 Å². The van der Waals surface area contributed by atoms with E-state index in [1.807, 2.05) is 37.1 Å². The Balaban J connectivity index is 0.000000266. The van der Waals surface area contributed by atoms with Crippen molar-refractivity contribution < 1.29 is 18.0 Å². The molecule has 0 unspecified atom stereocenters. The molecule has 0 aliphatic heterocycles. The van der Waals surface area contributed by atoms with Crippen LogP contribution < -0.4 is 10.9 Å². The van der Waals surface area contributed by atoms with Crippen molar-refractivity contribution in [3.05, 3.63) is 77.3 Å². The third-order valence-electron chi connectivity index (χ3n) is 4.22. The van der Waals surface area contributed by atoms with Gasteiger partial charge in [0.1, 0.15) is 12.5 Å². The van der Waals surface area contributed by atoms with Crippen LogP contribution in [0.5, 0.6) is 0 Å². The Morgan fingerprint density at radius 2 is 1.74 bits per heavy atom. The van der Waals surface area contributed by atoms with Crippen molar-refractivity contribution in [1.82, 2.24) is 30.8 Å². The van der Waals surface area contributed by atoms with Crippen molar-refractivity contribution in [1.29, 1.82) is 0 Å². The lowest BCUT2D eigenvalue weighted by molar-refractivity contribution is -0.141. The minimum atomic E-state index is -4.33. The smallest absolute Gasteiger partial charge is 0.307 e. The fourth-order valence-corrected chi connectivity index (χ4v) is 2.87. The lowest BCUT2D eigenvalue weighted by atomic mass is 10.0. The molecule has 3 N–H and O–H groups in total. The van der Waals surface area contributed by atoms with Crippen LogP contribution in [0.4, 0.5) is 19.0 Å². The van der Waals surface area contributed by atoms with E-state index in [1.54, 1.807) is 26.4 Å². The number of hydrogen-bond donors (Lipinski definition) is 3. The number of benzene rings is 1. The zero-order valence-corrected chi connectivity index (χ0v) is 18.9. The average Bonchev–Trinajstić information content (AvgIpc) is 3.36. The van der Waals surface area contributed by atoms with E-state index < -0.39 is 11.9 Å². The summed E-state index contributed by atoms with van der Waals surface area (Å²) in [5.74, 6) is 0.620. The number of nitrogens with zero attached hydrogens (tertiary/aromatic N) is 4. The topological polar surface area (TPSA) is 108 Å². The molecule has 4 aromatic rings. The number of aromatic amines is 1. The summed E-state index contributed by atoms with van der Waals surface area (Å²) in [6, 6.07) is 11.8. The van der Waals surface area contributed by atoms with Gasteiger partial charge in [-0.3, -0.25) is 10.1 Å². The van der Waals surface area contributed by atoms with Crippen LogP contribution in [-0.4, -0.2) is 39.2 Å². The largest absolute Gasteiger partial charge is 0.433 e. The monoisotopic (exact) mass is 491 g/mol. The van der Waals surface area contributed by atoms with E-state index >= 15 is 0 Å². The number of anilines is 1. The van der Waals surface area contributed by atoms with E-state index in [4.69, 9.17) is 16.4 Å². The summed E-state index contributed by atoms with van der Waals surface area (Å²) in [6.45, 7) is 3.69. The summed E-state index contributed by atoms with van der Waals surface area (Å²) >= 11 is 5.95. The summed E-state index contributed by atoms with van der Waals surface area (Å²) in [5, 5.41) is 15.8. The molecule has 0 aliphatic carbocycles. The second-order valence-corrected chi connectivity index (χ2v) is 6.99. The van der Waals surface area contributed by atoms with Gasteiger partial charge in [-0.25, -0.2) is 5.43 Å². The van der Waals surface area contributed by atoms with E-state index in [0.717, 1.165) is 34.0 Å². The molecule has 0 radical (unpaired) electrons. The maximum atomic E-state index is 11.9. The Morgan fingerprint density at radius 1 is 1.03 bits per heavy atom. The molecule has 0 fully saturated rings. The van der Waals surface area contributed by atoms with Gasteiger partial charge in [0, 0.05) is 30.0 Å². The predicted molar refractivity (Wildman–Crippen MR) is 124 cm³/mol. The third kappa shape index (κ3) is 7.09. The van der Waals surface area contributed by atoms with Crippen LogP contribution in [0.2, 0.25) is 5.02 Å². The molecule has 12 heteroatoms. The first-order valence-electron chi connectivity index (χ1n) is 9.62. The Morgan fingerprint density at radius 3 is 2.26 bits per heavy atom. The number of pyridine rings is 1. The Bertz CT molecular complexity index is 1150. The minimum absolute atomic E-state index is 0.620. The van der Waals surface area contributed by atoms with E-state index in [1.165, 1.54) is 12.3 Å². The van der Waals surface area contributed by atoms with E-state index in [2.05, 4.69) is 36.2 Å². The molecule has 3 aromatic heterocycles. The van der Waals surface area contributed by atoms with Crippen molar-refractivity contribution in [2.24, 2.45) is 0 Å². The number of halogens is 4. The lowest BCUT2D eigenvalue weighted by Crippen LogP contribution is -2.17. The SMILES string of the molecule is C=O.CNNc1nncc(-c2ccc(Cl)cc2)c1-c1ccn[nH]1.Cc1ccc(C(F)(F)F)nc1. The second-order valence-electron chi connectivity index (χ2n) is 6.55. The fourth-order valence-electron chi connectivity index (χ4n) is 2.74. The van der Waals surface area contributed by atoms with Gasteiger partial charge in [0.2, 0.25) is 0 Å². The third-order valence-corrected chi connectivity index (χ3v) is 4.47. The van der Waals surface area contributed by atoms with Crippen molar-refractivity contribution >= 4 is 24.2 Å². The molecule has 178 valence electrons. The number of alkyl halides is 3. The number of carbonyl (C=O) groups excluding carboxylic acids is 1. The molecule has 0 saturated heterocycles. The summed E-state index contributed by atoms with van der Waals surface area (Å²) in [4.78, 5) is 11.2. The molecule has 0 aliphatic rings. The first kappa shape index (κ1) is 26.4. The zero-order chi connectivity index (χ0) is 25.1. The van der Waals surface area contributed by atoms with Crippen molar-refractivity contribution in [2.45, 2.75) is 13.1 Å².